The first-order chi connectivity index (χ1) is 19.1. The third-order valence-electron chi connectivity index (χ3n) is 6.55. The highest BCUT2D eigenvalue weighted by atomic mass is 32.2. The van der Waals surface area contributed by atoms with E-state index in [4.69, 9.17) is 13.7 Å². The number of hydrogen-bond acceptors (Lipinski definition) is 9. The molecule has 214 valence electrons. The zero-order chi connectivity index (χ0) is 28.9. The molecule has 0 fully saturated rings. The van der Waals surface area contributed by atoms with Crippen molar-refractivity contribution in [1.82, 2.24) is 15.1 Å². The summed E-state index contributed by atoms with van der Waals surface area (Å²) in [7, 11) is -2.15. The molecule has 0 radical (unpaired) electrons. The maximum absolute atomic E-state index is 13.4. The van der Waals surface area contributed by atoms with Crippen LogP contribution in [-0.2, 0) is 43.5 Å². The highest BCUT2D eigenvalue weighted by Gasteiger charge is 2.30. The fraction of sp³-hybridized carbons (Fsp3) is 0.393. The monoisotopic (exact) mass is 570 g/mol. The first-order valence-electron chi connectivity index (χ1n) is 12.9. The van der Waals surface area contributed by atoms with Crippen LogP contribution in [-0.4, -0.2) is 63.2 Å². The second kappa shape index (κ2) is 12.6. The number of nitrogens with one attached hydrogen (secondary N) is 1. The maximum Gasteiger partial charge on any atom is 0.337 e. The van der Waals surface area contributed by atoms with E-state index < -0.39 is 16.1 Å². The minimum atomic E-state index is -3.48. The van der Waals surface area contributed by atoms with Crippen molar-refractivity contribution in [3.05, 3.63) is 82.0 Å². The number of carbonyl (C=O) groups excluding carboxylic acids is 2. The number of ether oxygens (including phenoxy) is 2. The van der Waals surface area contributed by atoms with Crippen molar-refractivity contribution in [2.24, 2.45) is 0 Å². The van der Waals surface area contributed by atoms with Gasteiger partial charge in [0.1, 0.15) is 11.4 Å². The normalized spacial score (nSPS) is 13.7. The van der Waals surface area contributed by atoms with Gasteiger partial charge in [0.05, 0.1) is 57.0 Å². The summed E-state index contributed by atoms with van der Waals surface area (Å²) < 4.78 is 39.0. The van der Waals surface area contributed by atoms with Gasteiger partial charge in [-0.15, -0.1) is 0 Å². The van der Waals surface area contributed by atoms with Crippen molar-refractivity contribution in [2.45, 2.75) is 39.6 Å². The van der Waals surface area contributed by atoms with Gasteiger partial charge < -0.3 is 19.7 Å². The van der Waals surface area contributed by atoms with Crippen molar-refractivity contribution in [2.75, 3.05) is 38.0 Å². The lowest BCUT2D eigenvalue weighted by Crippen LogP contribution is -2.29. The van der Waals surface area contributed by atoms with Crippen LogP contribution in [0.5, 0.6) is 0 Å². The number of esters is 1. The highest BCUT2D eigenvalue weighted by molar-refractivity contribution is 7.85. The molecule has 4 rings (SSSR count). The predicted molar refractivity (Wildman–Crippen MR) is 149 cm³/mol. The van der Waals surface area contributed by atoms with Crippen LogP contribution < -0.4 is 10.2 Å². The number of anilines is 1. The van der Waals surface area contributed by atoms with Gasteiger partial charge in [-0.05, 0) is 42.7 Å². The van der Waals surface area contributed by atoms with Crippen LogP contribution in [0.4, 0.5) is 5.82 Å². The smallest absolute Gasteiger partial charge is 0.337 e. The predicted octanol–water partition coefficient (Wildman–Crippen LogP) is 2.98. The van der Waals surface area contributed by atoms with Crippen molar-refractivity contribution in [3.63, 3.8) is 0 Å². The number of fused-ring (bicyclic) bond motifs is 1. The van der Waals surface area contributed by atoms with Crippen LogP contribution in [0.25, 0.3) is 0 Å². The van der Waals surface area contributed by atoms with E-state index in [-0.39, 0.29) is 25.2 Å². The second-order valence-electron chi connectivity index (χ2n) is 9.64. The summed E-state index contributed by atoms with van der Waals surface area (Å²) >= 11 is 0. The first-order valence-corrected chi connectivity index (χ1v) is 14.7. The summed E-state index contributed by atoms with van der Waals surface area (Å²) in [6.07, 6.45) is 1.00. The van der Waals surface area contributed by atoms with Crippen molar-refractivity contribution >= 4 is 27.8 Å². The summed E-state index contributed by atoms with van der Waals surface area (Å²) in [5, 5.41) is 7.67. The van der Waals surface area contributed by atoms with Crippen molar-refractivity contribution in [3.8, 4) is 0 Å². The Morgan fingerprint density at radius 2 is 1.80 bits per heavy atom. The Balaban J connectivity index is 1.41. The third-order valence-corrected chi connectivity index (χ3v) is 7.14. The topological polar surface area (TPSA) is 129 Å². The molecule has 0 bridgehead atoms. The van der Waals surface area contributed by atoms with Gasteiger partial charge in [-0.1, -0.05) is 36.4 Å². The average molecular weight is 571 g/mol. The molecule has 3 aromatic rings. The Hall–Kier alpha value is -3.74. The summed E-state index contributed by atoms with van der Waals surface area (Å²) in [6, 6.07) is 14.6. The van der Waals surface area contributed by atoms with Gasteiger partial charge in [0.15, 0.2) is 0 Å². The molecule has 1 N–H and O–H groups in total. The number of aryl methyl sites for hydroxylation is 1. The largest absolute Gasteiger partial charge is 0.465 e. The van der Waals surface area contributed by atoms with Gasteiger partial charge >= 0.3 is 5.97 Å². The molecule has 1 aromatic heterocycles. The number of benzene rings is 2. The number of carbonyl (C=O) groups is 2. The number of aromatic nitrogens is 2. The zero-order valence-corrected chi connectivity index (χ0v) is 23.9. The Labute approximate surface area is 234 Å². The van der Waals surface area contributed by atoms with E-state index in [9.17, 15) is 18.0 Å². The fourth-order valence-corrected chi connectivity index (χ4v) is 5.01. The Bertz CT molecular complexity index is 1470. The van der Waals surface area contributed by atoms with E-state index in [2.05, 4.69) is 15.3 Å². The average Bonchev–Trinajstić information content (AvgIpc) is 3.45. The van der Waals surface area contributed by atoms with E-state index >= 15 is 0 Å². The van der Waals surface area contributed by atoms with Crippen LogP contribution in [0.3, 0.4) is 0 Å². The zero-order valence-electron chi connectivity index (χ0n) is 23.0. The standard InChI is InChI=1S/C28H34N4O7S/c1-19(23-8-10-24(11-9-23)28(34)37-3)29-26(33)25-20(2)30-32-13-12-31(27(25)32)17-21-6-5-7-22(16-21)18-38-14-15-39-40(4,35)36/h5-11,16,19H,12-15,17-18H2,1-4H3,(H,29,33)/t19-/m0/s1. The number of rotatable bonds is 12. The summed E-state index contributed by atoms with van der Waals surface area (Å²) in [5.41, 5.74) is 4.50. The molecule has 11 nitrogen and oxygen atoms in total. The molecular weight excluding hydrogens is 536 g/mol. The molecule has 1 aliphatic rings. The van der Waals surface area contributed by atoms with Crippen molar-refractivity contribution in [1.29, 1.82) is 0 Å². The third kappa shape index (κ3) is 7.26. The van der Waals surface area contributed by atoms with Gasteiger partial charge in [-0.25, -0.2) is 9.48 Å². The number of nitrogens with zero attached hydrogens (tertiary/aromatic N) is 3. The first kappa shape index (κ1) is 29.2. The second-order valence-corrected chi connectivity index (χ2v) is 11.3. The number of amides is 1. The molecule has 1 atom stereocenters. The van der Waals surface area contributed by atoms with E-state index in [0.717, 1.165) is 35.3 Å². The molecule has 2 heterocycles. The molecule has 0 saturated heterocycles. The lowest BCUT2D eigenvalue weighted by atomic mass is 10.1. The molecule has 2 aromatic carbocycles. The summed E-state index contributed by atoms with van der Waals surface area (Å²) in [4.78, 5) is 27.3. The quantitative estimate of drug-likeness (QED) is 0.198. The molecule has 1 aliphatic heterocycles. The van der Waals surface area contributed by atoms with Crippen LogP contribution in [0.15, 0.2) is 48.5 Å². The molecule has 1 amide bonds. The van der Waals surface area contributed by atoms with E-state index in [1.165, 1.54) is 7.11 Å². The highest BCUT2D eigenvalue weighted by Crippen LogP contribution is 2.30. The van der Waals surface area contributed by atoms with Crippen LogP contribution in [0.1, 0.15) is 56.1 Å². The Morgan fingerprint density at radius 3 is 2.50 bits per heavy atom. The summed E-state index contributed by atoms with van der Waals surface area (Å²) in [6.45, 7) is 6.16. The van der Waals surface area contributed by atoms with Gasteiger partial charge in [-0.3, -0.25) is 8.98 Å². The van der Waals surface area contributed by atoms with Crippen LogP contribution >= 0.6 is 0 Å². The van der Waals surface area contributed by atoms with E-state index in [0.29, 0.717) is 36.5 Å². The van der Waals surface area contributed by atoms with Gasteiger partial charge in [0.2, 0.25) is 0 Å². The molecular formula is C28H34N4O7S. The lowest BCUT2D eigenvalue weighted by Gasteiger charge is -2.21. The number of methoxy groups -OCH3 is 1. The molecule has 0 spiro atoms. The lowest BCUT2D eigenvalue weighted by molar-refractivity contribution is 0.0600. The van der Waals surface area contributed by atoms with E-state index in [1.54, 1.807) is 24.3 Å². The fourth-order valence-electron chi connectivity index (χ4n) is 4.64. The number of hydrogen-bond donors (Lipinski definition) is 1. The van der Waals surface area contributed by atoms with E-state index in [1.807, 2.05) is 42.8 Å². The van der Waals surface area contributed by atoms with Gasteiger partial charge in [0, 0.05) is 13.1 Å². The Morgan fingerprint density at radius 1 is 1.07 bits per heavy atom. The summed E-state index contributed by atoms with van der Waals surface area (Å²) in [5.74, 6) is 0.156. The molecule has 12 heteroatoms. The Kier molecular flexibility index (Phi) is 9.23. The van der Waals surface area contributed by atoms with Crippen LogP contribution in [0.2, 0.25) is 0 Å². The molecule has 0 saturated carbocycles. The minimum absolute atomic E-state index is 0.0299. The minimum Gasteiger partial charge on any atom is -0.465 e. The van der Waals surface area contributed by atoms with Crippen LogP contribution in [0, 0.1) is 6.92 Å². The molecule has 0 unspecified atom stereocenters. The SMILES string of the molecule is COC(=O)c1ccc([C@H](C)NC(=O)c2c(C)nn3c2N(Cc2cccc(COCCOS(C)(=O)=O)c2)CC3)cc1. The van der Waals surface area contributed by atoms with Crippen molar-refractivity contribution < 1.29 is 31.7 Å². The van der Waals surface area contributed by atoms with Gasteiger partial charge in [-0.2, -0.15) is 13.5 Å². The van der Waals surface area contributed by atoms with Gasteiger partial charge in [0.25, 0.3) is 16.0 Å². The molecule has 0 aliphatic carbocycles. The maximum atomic E-state index is 13.4. The molecule has 40 heavy (non-hydrogen) atoms.